The van der Waals surface area contributed by atoms with Crippen LogP contribution >= 0.6 is 0 Å². The number of nitrogens with zero attached hydrogens (tertiary/aromatic N) is 2. The first-order valence-corrected chi connectivity index (χ1v) is 5.47. The fourth-order valence-electron chi connectivity index (χ4n) is 1.54. The van der Waals surface area contributed by atoms with E-state index in [4.69, 9.17) is 4.74 Å². The molecule has 1 heterocycles. The predicted molar refractivity (Wildman–Crippen MR) is 66.9 cm³/mol. The Balaban J connectivity index is 2.24. The van der Waals surface area contributed by atoms with Gasteiger partial charge in [0.25, 0.3) is 0 Å². The van der Waals surface area contributed by atoms with Gasteiger partial charge in [-0.1, -0.05) is 30.3 Å². The second-order valence-electron chi connectivity index (χ2n) is 3.58. The maximum atomic E-state index is 11.8. The van der Waals surface area contributed by atoms with Crippen LogP contribution in [0.2, 0.25) is 0 Å². The van der Waals surface area contributed by atoms with Crippen molar-refractivity contribution in [1.82, 2.24) is 9.97 Å². The number of nitrogens with one attached hydrogen (secondary N) is 1. The molecule has 1 N–H and O–H groups in total. The molecule has 0 radical (unpaired) electrons. The molecule has 2 aromatic rings. The van der Waals surface area contributed by atoms with Crippen LogP contribution < -0.4 is 5.32 Å². The van der Waals surface area contributed by atoms with Gasteiger partial charge in [-0.25, -0.2) is 14.8 Å². The highest BCUT2D eigenvalue weighted by molar-refractivity contribution is 5.80. The highest BCUT2D eigenvalue weighted by Gasteiger charge is 2.21. The molecule has 2 rings (SSSR count). The Morgan fingerprint density at radius 2 is 1.83 bits per heavy atom. The molecule has 0 saturated carbocycles. The molecule has 92 valence electrons. The van der Waals surface area contributed by atoms with Crippen molar-refractivity contribution in [2.75, 3.05) is 12.4 Å². The first-order chi connectivity index (χ1) is 8.81. The Labute approximate surface area is 105 Å². The Morgan fingerprint density at radius 1 is 1.17 bits per heavy atom. The monoisotopic (exact) mass is 243 g/mol. The van der Waals surface area contributed by atoms with E-state index in [1.807, 2.05) is 30.3 Å². The van der Waals surface area contributed by atoms with Gasteiger partial charge in [-0.05, 0) is 11.6 Å². The number of hydrogen-bond acceptors (Lipinski definition) is 5. The Hall–Kier alpha value is -2.43. The number of aromatic nitrogens is 2. The summed E-state index contributed by atoms with van der Waals surface area (Å²) in [5.74, 6) is 0.00501. The van der Waals surface area contributed by atoms with Crippen LogP contribution in [0.5, 0.6) is 0 Å². The normalized spacial score (nSPS) is 11.6. The van der Waals surface area contributed by atoms with Crippen molar-refractivity contribution in [3.63, 3.8) is 0 Å². The van der Waals surface area contributed by atoms with E-state index in [0.29, 0.717) is 5.95 Å². The first-order valence-electron chi connectivity index (χ1n) is 5.47. The van der Waals surface area contributed by atoms with Crippen molar-refractivity contribution in [3.8, 4) is 0 Å². The van der Waals surface area contributed by atoms with E-state index in [0.717, 1.165) is 5.56 Å². The van der Waals surface area contributed by atoms with Crippen LogP contribution in [0.25, 0.3) is 0 Å². The minimum absolute atomic E-state index is 0.381. The Morgan fingerprint density at radius 3 is 2.44 bits per heavy atom. The SMILES string of the molecule is COC(=O)C(Nc1ncccn1)c1ccccc1. The van der Waals surface area contributed by atoms with Crippen LogP contribution in [-0.4, -0.2) is 23.0 Å². The van der Waals surface area contributed by atoms with Crippen LogP contribution in [-0.2, 0) is 9.53 Å². The van der Waals surface area contributed by atoms with Gasteiger partial charge in [0.2, 0.25) is 5.95 Å². The predicted octanol–water partition coefficient (Wildman–Crippen LogP) is 1.80. The summed E-state index contributed by atoms with van der Waals surface area (Å²) in [7, 11) is 1.35. The van der Waals surface area contributed by atoms with Gasteiger partial charge in [-0.15, -0.1) is 0 Å². The number of methoxy groups -OCH3 is 1. The molecule has 0 aliphatic carbocycles. The zero-order chi connectivity index (χ0) is 12.8. The topological polar surface area (TPSA) is 64.1 Å². The molecule has 18 heavy (non-hydrogen) atoms. The van der Waals surface area contributed by atoms with Gasteiger partial charge in [0.05, 0.1) is 7.11 Å². The van der Waals surface area contributed by atoms with E-state index in [2.05, 4.69) is 15.3 Å². The molecule has 1 unspecified atom stereocenters. The summed E-state index contributed by atoms with van der Waals surface area (Å²) < 4.78 is 4.78. The number of carbonyl (C=O) groups is 1. The highest BCUT2D eigenvalue weighted by atomic mass is 16.5. The van der Waals surface area contributed by atoms with Crippen molar-refractivity contribution in [1.29, 1.82) is 0 Å². The lowest BCUT2D eigenvalue weighted by Gasteiger charge is -2.16. The molecular formula is C13H13N3O2. The zero-order valence-corrected chi connectivity index (χ0v) is 9.91. The summed E-state index contributed by atoms with van der Waals surface area (Å²) in [5, 5.41) is 2.95. The summed E-state index contributed by atoms with van der Waals surface area (Å²) >= 11 is 0. The maximum Gasteiger partial charge on any atom is 0.333 e. The van der Waals surface area contributed by atoms with Crippen LogP contribution in [0.1, 0.15) is 11.6 Å². The van der Waals surface area contributed by atoms with E-state index in [1.165, 1.54) is 7.11 Å². The van der Waals surface area contributed by atoms with Crippen LogP contribution in [0.4, 0.5) is 5.95 Å². The molecule has 0 bridgehead atoms. The van der Waals surface area contributed by atoms with Crippen LogP contribution in [0.3, 0.4) is 0 Å². The average Bonchev–Trinajstić information content (AvgIpc) is 2.46. The second kappa shape index (κ2) is 5.77. The van der Waals surface area contributed by atoms with Gasteiger partial charge in [-0.2, -0.15) is 0 Å². The molecule has 1 aromatic heterocycles. The van der Waals surface area contributed by atoms with Crippen molar-refractivity contribution < 1.29 is 9.53 Å². The lowest BCUT2D eigenvalue weighted by atomic mass is 10.1. The summed E-state index contributed by atoms with van der Waals surface area (Å²) in [6.45, 7) is 0. The third kappa shape index (κ3) is 2.82. The molecule has 0 aliphatic heterocycles. The number of carbonyl (C=O) groups excluding carboxylic acids is 1. The van der Waals surface area contributed by atoms with Gasteiger partial charge in [0.15, 0.2) is 6.04 Å². The lowest BCUT2D eigenvalue weighted by Crippen LogP contribution is -2.23. The standard InChI is InChI=1S/C13H13N3O2/c1-18-12(17)11(10-6-3-2-4-7-10)16-13-14-8-5-9-15-13/h2-9,11H,1H3,(H,14,15,16). The molecular weight excluding hydrogens is 230 g/mol. The summed E-state index contributed by atoms with van der Waals surface area (Å²) in [6, 6.07) is 10.4. The molecule has 0 saturated heterocycles. The third-order valence-corrected chi connectivity index (χ3v) is 2.41. The fraction of sp³-hybridized carbons (Fsp3) is 0.154. The molecule has 5 heteroatoms. The van der Waals surface area contributed by atoms with Gasteiger partial charge in [0.1, 0.15) is 0 Å². The molecule has 0 spiro atoms. The molecule has 0 fully saturated rings. The molecule has 1 aromatic carbocycles. The number of hydrogen-bond donors (Lipinski definition) is 1. The van der Waals surface area contributed by atoms with Crippen LogP contribution in [0.15, 0.2) is 48.8 Å². The lowest BCUT2D eigenvalue weighted by molar-refractivity contribution is -0.141. The van der Waals surface area contributed by atoms with Gasteiger partial charge in [-0.3, -0.25) is 0 Å². The van der Waals surface area contributed by atoms with Crippen molar-refractivity contribution in [2.45, 2.75) is 6.04 Å². The molecule has 0 aliphatic rings. The molecule has 0 amide bonds. The number of rotatable bonds is 4. The van der Waals surface area contributed by atoms with E-state index in [1.54, 1.807) is 18.5 Å². The number of ether oxygens (including phenoxy) is 1. The molecule has 1 atom stereocenters. The third-order valence-electron chi connectivity index (χ3n) is 2.41. The Kier molecular flexibility index (Phi) is 3.86. The summed E-state index contributed by atoms with van der Waals surface area (Å²) in [5.41, 5.74) is 0.803. The quantitative estimate of drug-likeness (QED) is 0.829. The van der Waals surface area contributed by atoms with E-state index >= 15 is 0 Å². The second-order valence-corrected chi connectivity index (χ2v) is 3.58. The van der Waals surface area contributed by atoms with Crippen molar-refractivity contribution in [3.05, 3.63) is 54.4 Å². The van der Waals surface area contributed by atoms with Crippen molar-refractivity contribution in [2.24, 2.45) is 0 Å². The number of esters is 1. The van der Waals surface area contributed by atoms with E-state index in [9.17, 15) is 4.79 Å². The number of benzene rings is 1. The largest absolute Gasteiger partial charge is 0.467 e. The zero-order valence-electron chi connectivity index (χ0n) is 9.91. The van der Waals surface area contributed by atoms with Crippen molar-refractivity contribution >= 4 is 11.9 Å². The summed E-state index contributed by atoms with van der Waals surface area (Å²) in [6.07, 6.45) is 3.21. The average molecular weight is 243 g/mol. The minimum atomic E-state index is -0.612. The van der Waals surface area contributed by atoms with E-state index < -0.39 is 6.04 Å². The number of anilines is 1. The minimum Gasteiger partial charge on any atom is -0.467 e. The van der Waals surface area contributed by atoms with Crippen LogP contribution in [0, 0.1) is 0 Å². The van der Waals surface area contributed by atoms with Gasteiger partial charge >= 0.3 is 5.97 Å². The highest BCUT2D eigenvalue weighted by Crippen LogP contribution is 2.18. The Bertz CT molecular complexity index is 502. The van der Waals surface area contributed by atoms with E-state index in [-0.39, 0.29) is 5.97 Å². The molecule has 5 nitrogen and oxygen atoms in total. The van der Waals surface area contributed by atoms with Gasteiger partial charge < -0.3 is 10.1 Å². The first kappa shape index (κ1) is 12.0. The summed E-state index contributed by atoms with van der Waals surface area (Å²) in [4.78, 5) is 19.8. The smallest absolute Gasteiger partial charge is 0.333 e. The van der Waals surface area contributed by atoms with Gasteiger partial charge in [0, 0.05) is 12.4 Å². The fourth-order valence-corrected chi connectivity index (χ4v) is 1.54. The maximum absolute atomic E-state index is 11.8.